The van der Waals surface area contributed by atoms with Gasteiger partial charge in [-0.15, -0.1) is 0 Å². The Hall–Kier alpha value is -1.19. The predicted molar refractivity (Wildman–Crippen MR) is 93.4 cm³/mol. The van der Waals surface area contributed by atoms with Crippen LogP contribution >= 0.6 is 27.5 Å². The van der Waals surface area contributed by atoms with Gasteiger partial charge < -0.3 is 10.1 Å². The summed E-state index contributed by atoms with van der Waals surface area (Å²) >= 11 is 9.64. The Kier molecular flexibility index (Phi) is 5.95. The molecular formula is C17H19BrClNO. The number of ether oxygens (including phenoxy) is 1. The average molecular weight is 369 g/mol. The summed E-state index contributed by atoms with van der Waals surface area (Å²) in [7, 11) is 0. The number of anilines is 1. The van der Waals surface area contributed by atoms with E-state index in [-0.39, 0.29) is 6.04 Å². The summed E-state index contributed by atoms with van der Waals surface area (Å²) < 4.78 is 6.57. The first-order valence-corrected chi connectivity index (χ1v) is 8.21. The maximum absolute atomic E-state index is 6.23. The molecular weight excluding hydrogens is 350 g/mol. The predicted octanol–water partition coefficient (Wildman–Crippen LogP) is 6.06. The van der Waals surface area contributed by atoms with Gasteiger partial charge in [0.25, 0.3) is 0 Å². The summed E-state index contributed by atoms with van der Waals surface area (Å²) in [5.74, 6) is 0.912. The van der Waals surface area contributed by atoms with Crippen LogP contribution in [0, 0.1) is 0 Å². The first-order chi connectivity index (χ1) is 10.1. The smallest absolute Gasteiger partial charge is 0.119 e. The maximum Gasteiger partial charge on any atom is 0.119 e. The summed E-state index contributed by atoms with van der Waals surface area (Å²) in [5, 5.41) is 4.13. The van der Waals surface area contributed by atoms with Crippen molar-refractivity contribution >= 4 is 33.2 Å². The molecule has 0 spiro atoms. The molecule has 1 atom stereocenters. The van der Waals surface area contributed by atoms with Gasteiger partial charge in [-0.25, -0.2) is 0 Å². The van der Waals surface area contributed by atoms with Gasteiger partial charge in [-0.2, -0.15) is 0 Å². The SMILES string of the molecule is CCCOc1ccc(C(C)Nc2ccc(Br)cc2Cl)cc1. The molecule has 0 heterocycles. The highest BCUT2D eigenvalue weighted by atomic mass is 79.9. The molecule has 0 amide bonds. The van der Waals surface area contributed by atoms with E-state index < -0.39 is 0 Å². The Bertz CT molecular complexity index is 586. The largest absolute Gasteiger partial charge is 0.494 e. The lowest BCUT2D eigenvalue weighted by molar-refractivity contribution is 0.317. The minimum atomic E-state index is 0.170. The maximum atomic E-state index is 6.23. The molecule has 0 saturated heterocycles. The Morgan fingerprint density at radius 3 is 2.52 bits per heavy atom. The summed E-state index contributed by atoms with van der Waals surface area (Å²) in [6, 6.07) is 14.2. The minimum Gasteiger partial charge on any atom is -0.494 e. The van der Waals surface area contributed by atoms with Crippen LogP contribution in [-0.4, -0.2) is 6.61 Å². The van der Waals surface area contributed by atoms with Crippen LogP contribution in [-0.2, 0) is 0 Å². The highest BCUT2D eigenvalue weighted by Gasteiger charge is 2.08. The molecule has 4 heteroatoms. The monoisotopic (exact) mass is 367 g/mol. The van der Waals surface area contributed by atoms with Crippen LogP contribution in [0.3, 0.4) is 0 Å². The van der Waals surface area contributed by atoms with Crippen LogP contribution < -0.4 is 10.1 Å². The van der Waals surface area contributed by atoms with Gasteiger partial charge in [0.15, 0.2) is 0 Å². The van der Waals surface area contributed by atoms with E-state index in [2.05, 4.69) is 47.2 Å². The first-order valence-electron chi connectivity index (χ1n) is 7.04. The molecule has 1 N–H and O–H groups in total. The second-order valence-corrected chi connectivity index (χ2v) is 6.23. The second kappa shape index (κ2) is 7.71. The zero-order valence-electron chi connectivity index (χ0n) is 12.2. The standard InChI is InChI=1S/C17H19BrClNO/c1-3-10-21-15-7-4-13(5-8-15)12(2)20-17-9-6-14(18)11-16(17)19/h4-9,11-12,20H,3,10H2,1-2H3. The number of nitrogens with one attached hydrogen (secondary N) is 1. The Labute approximate surface area is 139 Å². The van der Waals surface area contributed by atoms with E-state index >= 15 is 0 Å². The molecule has 112 valence electrons. The van der Waals surface area contributed by atoms with Gasteiger partial charge in [0.1, 0.15) is 5.75 Å². The van der Waals surface area contributed by atoms with E-state index in [0.717, 1.165) is 28.9 Å². The molecule has 0 aromatic heterocycles. The van der Waals surface area contributed by atoms with Crippen molar-refractivity contribution in [3.8, 4) is 5.75 Å². The Morgan fingerprint density at radius 2 is 1.90 bits per heavy atom. The fourth-order valence-corrected chi connectivity index (χ4v) is 2.72. The molecule has 2 rings (SSSR count). The van der Waals surface area contributed by atoms with Gasteiger partial charge in [0, 0.05) is 10.5 Å². The van der Waals surface area contributed by atoms with Crippen molar-refractivity contribution in [2.45, 2.75) is 26.3 Å². The van der Waals surface area contributed by atoms with E-state index in [0.29, 0.717) is 5.02 Å². The van der Waals surface area contributed by atoms with Crippen molar-refractivity contribution in [3.63, 3.8) is 0 Å². The molecule has 0 saturated carbocycles. The Morgan fingerprint density at radius 1 is 1.19 bits per heavy atom. The summed E-state index contributed by atoms with van der Waals surface area (Å²) in [6.07, 6.45) is 1.02. The van der Waals surface area contributed by atoms with Crippen LogP contribution in [0.15, 0.2) is 46.9 Å². The van der Waals surface area contributed by atoms with Gasteiger partial charge in [-0.05, 0) is 49.2 Å². The number of hydrogen-bond acceptors (Lipinski definition) is 2. The molecule has 2 aromatic rings. The number of halogens is 2. The van der Waals surface area contributed by atoms with Gasteiger partial charge >= 0.3 is 0 Å². The molecule has 0 radical (unpaired) electrons. The fraction of sp³-hybridized carbons (Fsp3) is 0.294. The lowest BCUT2D eigenvalue weighted by atomic mass is 10.1. The van der Waals surface area contributed by atoms with Gasteiger partial charge in [-0.3, -0.25) is 0 Å². The van der Waals surface area contributed by atoms with E-state index in [1.165, 1.54) is 5.56 Å². The van der Waals surface area contributed by atoms with Crippen molar-refractivity contribution in [1.82, 2.24) is 0 Å². The molecule has 2 aromatic carbocycles. The van der Waals surface area contributed by atoms with Gasteiger partial charge in [0.05, 0.1) is 17.3 Å². The highest BCUT2D eigenvalue weighted by molar-refractivity contribution is 9.10. The van der Waals surface area contributed by atoms with Crippen LogP contribution in [0.4, 0.5) is 5.69 Å². The molecule has 21 heavy (non-hydrogen) atoms. The third kappa shape index (κ3) is 4.65. The van der Waals surface area contributed by atoms with Crippen LogP contribution in [0.25, 0.3) is 0 Å². The average Bonchev–Trinajstić information content (AvgIpc) is 2.48. The van der Waals surface area contributed by atoms with Crippen LogP contribution in [0.1, 0.15) is 31.9 Å². The molecule has 2 nitrogen and oxygen atoms in total. The molecule has 0 aliphatic carbocycles. The van der Waals surface area contributed by atoms with Crippen molar-refractivity contribution in [2.75, 3.05) is 11.9 Å². The van der Waals surface area contributed by atoms with Crippen molar-refractivity contribution in [1.29, 1.82) is 0 Å². The highest BCUT2D eigenvalue weighted by Crippen LogP contribution is 2.29. The van der Waals surface area contributed by atoms with Crippen molar-refractivity contribution < 1.29 is 4.74 Å². The first kappa shape index (κ1) is 16.2. The quantitative estimate of drug-likeness (QED) is 0.668. The number of benzene rings is 2. The molecule has 0 aliphatic heterocycles. The van der Waals surface area contributed by atoms with E-state index in [4.69, 9.17) is 16.3 Å². The van der Waals surface area contributed by atoms with Crippen molar-refractivity contribution in [3.05, 3.63) is 57.5 Å². The minimum absolute atomic E-state index is 0.170. The third-order valence-corrected chi connectivity index (χ3v) is 3.96. The summed E-state index contributed by atoms with van der Waals surface area (Å²) in [4.78, 5) is 0. The van der Waals surface area contributed by atoms with Crippen LogP contribution in [0.2, 0.25) is 5.02 Å². The topological polar surface area (TPSA) is 21.3 Å². The Balaban J connectivity index is 2.04. The van der Waals surface area contributed by atoms with E-state index in [1.54, 1.807) is 0 Å². The lowest BCUT2D eigenvalue weighted by Gasteiger charge is -2.17. The summed E-state index contributed by atoms with van der Waals surface area (Å²) in [6.45, 7) is 4.96. The second-order valence-electron chi connectivity index (χ2n) is 4.91. The zero-order valence-corrected chi connectivity index (χ0v) is 14.5. The van der Waals surface area contributed by atoms with Gasteiger partial charge in [-0.1, -0.05) is 46.6 Å². The number of rotatable bonds is 6. The lowest BCUT2D eigenvalue weighted by Crippen LogP contribution is -2.07. The normalized spacial score (nSPS) is 12.0. The summed E-state index contributed by atoms with van der Waals surface area (Å²) in [5.41, 5.74) is 2.12. The third-order valence-electron chi connectivity index (χ3n) is 3.16. The molecule has 0 aliphatic rings. The molecule has 0 fully saturated rings. The van der Waals surface area contributed by atoms with E-state index in [9.17, 15) is 0 Å². The van der Waals surface area contributed by atoms with Gasteiger partial charge in [0.2, 0.25) is 0 Å². The van der Waals surface area contributed by atoms with E-state index in [1.807, 2.05) is 30.3 Å². The molecule has 0 bridgehead atoms. The number of hydrogen-bond donors (Lipinski definition) is 1. The van der Waals surface area contributed by atoms with Crippen molar-refractivity contribution in [2.24, 2.45) is 0 Å². The fourth-order valence-electron chi connectivity index (χ4n) is 2.00. The van der Waals surface area contributed by atoms with Crippen LogP contribution in [0.5, 0.6) is 5.75 Å². The molecule has 1 unspecified atom stereocenters. The zero-order chi connectivity index (χ0) is 15.2.